The van der Waals surface area contributed by atoms with E-state index in [0.717, 1.165) is 22.3 Å². The number of quaternary nitrogens is 1. The van der Waals surface area contributed by atoms with Crippen LogP contribution in [0, 0.1) is 25.5 Å². The molecule has 2 N–H and O–H groups in total. The number of carbonyl (C=O) groups excluding carboxylic acids is 1. The molecule has 1 aromatic heterocycles. The van der Waals surface area contributed by atoms with Crippen molar-refractivity contribution in [2.24, 2.45) is 4.99 Å². The number of halogens is 1. The Balaban J connectivity index is 0.00000320. The van der Waals surface area contributed by atoms with Crippen molar-refractivity contribution in [1.82, 2.24) is 10.3 Å². The van der Waals surface area contributed by atoms with Gasteiger partial charge in [-0.2, -0.15) is 6.54 Å². The summed E-state index contributed by atoms with van der Waals surface area (Å²) in [6.07, 6.45) is 7.54. The molecule has 0 radical (unpaired) electrons. The molecule has 152 valence electrons. The number of hydrogen-bond donors (Lipinski definition) is 2. The molecule has 8 heteroatoms. The van der Waals surface area contributed by atoms with Crippen molar-refractivity contribution in [3.05, 3.63) is 78.1 Å². The summed E-state index contributed by atoms with van der Waals surface area (Å²) in [5, 5.41) is 5.61. The van der Waals surface area contributed by atoms with Gasteiger partial charge >= 0.3 is 51.4 Å². The number of carbonyl (C=O) groups is 1. The van der Waals surface area contributed by atoms with E-state index >= 15 is 0 Å². The van der Waals surface area contributed by atoms with Gasteiger partial charge in [0.05, 0.1) is 17.8 Å². The van der Waals surface area contributed by atoms with Crippen LogP contribution >= 0.6 is 0 Å². The Morgan fingerprint density at radius 2 is 2.13 bits per heavy atom. The first-order valence-electron chi connectivity index (χ1n) is 9.34. The fourth-order valence-corrected chi connectivity index (χ4v) is 3.08. The van der Waals surface area contributed by atoms with E-state index in [1.807, 2.05) is 13.8 Å². The number of anilines is 1. The van der Waals surface area contributed by atoms with Gasteiger partial charge in [0, 0.05) is 38.1 Å². The van der Waals surface area contributed by atoms with Gasteiger partial charge < -0.3 is 26.3 Å². The third kappa shape index (κ3) is 6.47. The molecular weight excluding hydrogens is 408 g/mol. The first-order chi connectivity index (χ1) is 13.7. The minimum absolute atomic E-state index is 0. The number of amides is 1. The maximum atomic E-state index is 14.9. The number of nitrogens with one attached hydrogen (secondary N) is 2. The van der Waals surface area contributed by atoms with E-state index in [1.54, 1.807) is 30.6 Å². The van der Waals surface area contributed by atoms with Gasteiger partial charge in [-0.25, -0.2) is 4.39 Å². The maximum absolute atomic E-state index is 14.9. The second kappa shape index (κ2) is 10.7. The van der Waals surface area contributed by atoms with Gasteiger partial charge in [0.1, 0.15) is 0 Å². The van der Waals surface area contributed by atoms with E-state index in [-0.39, 0.29) is 63.1 Å². The van der Waals surface area contributed by atoms with Gasteiger partial charge in [0.25, 0.3) is 5.91 Å². The molecule has 1 fully saturated rings. The Labute approximate surface area is 219 Å². The monoisotopic (exact) mass is 433 g/mol. The molecule has 1 atom stereocenters. The summed E-state index contributed by atoms with van der Waals surface area (Å²) in [5.41, 5.74) is 2.78. The van der Waals surface area contributed by atoms with Crippen molar-refractivity contribution in [2.45, 2.75) is 19.9 Å². The zero-order chi connectivity index (χ0) is 21.0. The fourth-order valence-electron chi connectivity index (χ4n) is 3.08. The molecular formula is C22H25FKN5O. The van der Waals surface area contributed by atoms with Crippen LogP contribution in [0.15, 0.2) is 47.9 Å². The van der Waals surface area contributed by atoms with Gasteiger partial charge in [-0.3, -0.25) is 9.78 Å². The Morgan fingerprint density at radius 3 is 2.80 bits per heavy atom. The van der Waals surface area contributed by atoms with Crippen LogP contribution in [0.4, 0.5) is 10.1 Å². The topological polar surface area (TPSA) is 66.4 Å². The summed E-state index contributed by atoms with van der Waals surface area (Å²) in [7, 11) is 4.19. The first kappa shape index (κ1) is 24.7. The molecule has 1 aromatic carbocycles. The van der Waals surface area contributed by atoms with Crippen molar-refractivity contribution >= 4 is 17.3 Å². The molecule has 0 aliphatic carbocycles. The Bertz CT molecular complexity index is 964. The fraction of sp³-hybridized carbons (Fsp3) is 0.273. The predicted molar refractivity (Wildman–Crippen MR) is 111 cm³/mol. The molecule has 1 aliphatic heterocycles. The zero-order valence-electron chi connectivity index (χ0n) is 18.0. The molecule has 2 aromatic rings. The van der Waals surface area contributed by atoms with E-state index in [9.17, 15) is 9.18 Å². The molecule has 0 spiro atoms. The van der Waals surface area contributed by atoms with Crippen LogP contribution in [0.2, 0.25) is 0 Å². The van der Waals surface area contributed by atoms with Crippen LogP contribution in [-0.2, 0) is 0 Å². The molecule has 1 saturated heterocycles. The summed E-state index contributed by atoms with van der Waals surface area (Å²) >= 11 is 0. The Hall–Kier alpha value is -1.55. The van der Waals surface area contributed by atoms with Crippen molar-refractivity contribution in [2.75, 3.05) is 26.0 Å². The molecule has 6 nitrogen and oxygen atoms in total. The van der Waals surface area contributed by atoms with E-state index < -0.39 is 11.7 Å². The predicted octanol–water partition coefficient (Wildman–Crippen LogP) is 0.403. The van der Waals surface area contributed by atoms with Gasteiger partial charge in [-0.1, -0.05) is 12.1 Å². The van der Waals surface area contributed by atoms with Crippen LogP contribution in [-0.4, -0.2) is 41.7 Å². The Kier molecular flexibility index (Phi) is 8.78. The van der Waals surface area contributed by atoms with Gasteiger partial charge in [-0.15, -0.1) is 6.20 Å². The molecule has 1 amide bonds. The van der Waals surface area contributed by atoms with E-state index in [0.29, 0.717) is 11.1 Å². The zero-order valence-corrected chi connectivity index (χ0v) is 21.2. The molecule has 0 bridgehead atoms. The van der Waals surface area contributed by atoms with E-state index in [2.05, 4.69) is 47.5 Å². The van der Waals surface area contributed by atoms with Crippen LogP contribution < -0.4 is 62.0 Å². The number of nitrogens with zero attached hydrogens (tertiary/aromatic N) is 3. The Morgan fingerprint density at radius 1 is 1.40 bits per heavy atom. The van der Waals surface area contributed by atoms with Crippen molar-refractivity contribution in [3.63, 3.8) is 0 Å². The first-order valence-corrected chi connectivity index (χ1v) is 9.34. The smallest absolute Gasteiger partial charge is 0.560 e. The third-order valence-corrected chi connectivity index (χ3v) is 4.54. The molecule has 1 unspecified atom stereocenters. The quantitative estimate of drug-likeness (QED) is 0.300. The molecule has 3 rings (SSSR count). The third-order valence-electron chi connectivity index (χ3n) is 4.54. The summed E-state index contributed by atoms with van der Waals surface area (Å²) in [5.74, 6) is -0.890. The summed E-state index contributed by atoms with van der Waals surface area (Å²) in [6.45, 7) is 6.59. The van der Waals surface area contributed by atoms with Gasteiger partial charge in [0.15, 0.2) is 5.82 Å². The van der Waals surface area contributed by atoms with E-state index in [1.165, 1.54) is 12.3 Å². The molecule has 1 aliphatic rings. The number of aryl methyl sites for hydroxylation is 1. The van der Waals surface area contributed by atoms with Gasteiger partial charge in [-0.05, 0) is 37.3 Å². The average Bonchev–Trinajstić information content (AvgIpc) is 2.65. The normalized spacial score (nSPS) is 16.9. The SMILES string of the molecule is Cc1cncc(C(=O)Nc2cccc(C(C)N[C-]=CN=C3[CH-][N+](C)(C)C3)c2F)c1.[K+]. The second-order valence-corrected chi connectivity index (χ2v) is 7.74. The number of aliphatic imine (C=N–C) groups is 1. The average molecular weight is 434 g/mol. The van der Waals surface area contributed by atoms with Crippen LogP contribution in [0.1, 0.15) is 34.5 Å². The maximum Gasteiger partial charge on any atom is 1.00 e. The largest absolute Gasteiger partial charge is 1.00 e. The second-order valence-electron chi connectivity index (χ2n) is 7.74. The number of likely N-dealkylation sites (tertiary alicyclic amines) is 1. The van der Waals surface area contributed by atoms with Gasteiger partial charge in [0.2, 0.25) is 0 Å². The van der Waals surface area contributed by atoms with Crippen molar-refractivity contribution < 1.29 is 65.1 Å². The van der Waals surface area contributed by atoms with Crippen LogP contribution in [0.5, 0.6) is 0 Å². The number of aromatic nitrogens is 1. The minimum Gasteiger partial charge on any atom is -0.560 e. The summed E-state index contributed by atoms with van der Waals surface area (Å²) in [4.78, 5) is 20.7. The minimum atomic E-state index is -0.485. The number of hydrogen-bond acceptors (Lipinski definition) is 4. The van der Waals surface area contributed by atoms with E-state index in [4.69, 9.17) is 0 Å². The molecule has 30 heavy (non-hydrogen) atoms. The van der Waals surface area contributed by atoms with Crippen molar-refractivity contribution in [1.29, 1.82) is 0 Å². The van der Waals surface area contributed by atoms with Crippen molar-refractivity contribution in [3.8, 4) is 0 Å². The number of rotatable bonds is 6. The summed E-state index contributed by atoms with van der Waals surface area (Å²) in [6, 6.07) is 6.26. The molecule has 0 saturated carbocycles. The summed E-state index contributed by atoms with van der Waals surface area (Å²) < 4.78 is 15.7. The number of benzene rings is 1. The number of pyridine rings is 1. The standard InChI is InChI=1S/C22H25FN5O.K/c1-15-10-17(12-24-11-15)22(29)27-20-7-5-6-19(21(20)23)16(2)25-8-9-26-18-13-28(3,4)14-18;/h5-7,9-13,16,25H,14H2,1-4H3,(H,27,29);/q-1;+1. The van der Waals surface area contributed by atoms with Crippen LogP contribution in [0.25, 0.3) is 0 Å². The van der Waals surface area contributed by atoms with Crippen LogP contribution in [0.3, 0.4) is 0 Å². The molecule has 2 heterocycles.